The van der Waals surface area contributed by atoms with Gasteiger partial charge in [0.15, 0.2) is 5.78 Å². The molecule has 21 heavy (non-hydrogen) atoms. The Morgan fingerprint density at radius 1 is 0.952 bits per heavy atom. The van der Waals surface area contributed by atoms with Crippen molar-refractivity contribution in [2.45, 2.75) is 0 Å². The monoisotopic (exact) mass is 282 g/mol. The van der Waals surface area contributed by atoms with E-state index < -0.39 is 0 Å². The van der Waals surface area contributed by atoms with E-state index in [9.17, 15) is 9.90 Å². The second-order valence-electron chi connectivity index (χ2n) is 4.10. The molecule has 0 saturated heterocycles. The average Bonchev–Trinajstić information content (AvgIpc) is 2.48. The Morgan fingerprint density at radius 3 is 2.10 bits per heavy atom. The minimum absolute atomic E-state index is 0.147. The largest absolute Gasteiger partial charge is 0.507 e. The summed E-state index contributed by atoms with van der Waals surface area (Å²) in [6, 6.07) is 11.0. The van der Waals surface area contributed by atoms with Crippen molar-refractivity contribution in [2.75, 3.05) is 0 Å². The Bertz CT molecular complexity index is 672. The van der Waals surface area contributed by atoms with E-state index in [0.717, 1.165) is 0 Å². The topological polar surface area (TPSA) is 55.8 Å². The molecule has 4 heteroatoms. The Kier molecular flexibility index (Phi) is 4.41. The highest BCUT2D eigenvalue weighted by molar-refractivity contribution is 6.10. The standard InChI is InChI=1S/C17H14O4/c1-3-20-13-7-5-12(6-8-13)17(19)15-10-9-14(21-4-2)11-16(15)18/h3-11,18H,1-2H2. The van der Waals surface area contributed by atoms with Gasteiger partial charge in [-0.1, -0.05) is 13.2 Å². The molecule has 0 amide bonds. The third-order valence-corrected chi connectivity index (χ3v) is 2.77. The molecule has 0 unspecified atom stereocenters. The summed E-state index contributed by atoms with van der Waals surface area (Å²) < 4.78 is 10.1. The summed E-state index contributed by atoms with van der Waals surface area (Å²) in [5.74, 6) is 0.558. The highest BCUT2D eigenvalue weighted by Gasteiger charge is 2.14. The van der Waals surface area contributed by atoms with Crippen LogP contribution in [-0.2, 0) is 0 Å². The second kappa shape index (κ2) is 6.43. The van der Waals surface area contributed by atoms with Gasteiger partial charge < -0.3 is 14.6 Å². The van der Waals surface area contributed by atoms with Crippen molar-refractivity contribution in [2.24, 2.45) is 0 Å². The van der Waals surface area contributed by atoms with E-state index in [-0.39, 0.29) is 17.1 Å². The summed E-state index contributed by atoms with van der Waals surface area (Å²) in [5.41, 5.74) is 0.642. The van der Waals surface area contributed by atoms with Crippen molar-refractivity contribution >= 4 is 5.78 Å². The van der Waals surface area contributed by atoms with E-state index in [1.807, 2.05) is 0 Å². The Hall–Kier alpha value is -3.01. The molecule has 0 aliphatic carbocycles. The average molecular weight is 282 g/mol. The molecule has 0 aliphatic heterocycles. The summed E-state index contributed by atoms with van der Waals surface area (Å²) in [5, 5.41) is 9.92. The predicted octanol–water partition coefficient (Wildman–Crippen LogP) is 3.67. The zero-order valence-corrected chi connectivity index (χ0v) is 11.3. The third-order valence-electron chi connectivity index (χ3n) is 2.77. The molecule has 2 aromatic carbocycles. The van der Waals surface area contributed by atoms with Gasteiger partial charge in [0.1, 0.15) is 17.2 Å². The first-order valence-electron chi connectivity index (χ1n) is 6.18. The molecule has 106 valence electrons. The molecule has 2 aromatic rings. The first kappa shape index (κ1) is 14.4. The smallest absolute Gasteiger partial charge is 0.196 e. The van der Waals surface area contributed by atoms with Crippen LogP contribution in [0.2, 0.25) is 0 Å². The highest BCUT2D eigenvalue weighted by Crippen LogP contribution is 2.26. The molecule has 0 radical (unpaired) electrons. The van der Waals surface area contributed by atoms with Gasteiger partial charge in [-0.05, 0) is 36.4 Å². The van der Waals surface area contributed by atoms with Crippen LogP contribution in [0.5, 0.6) is 17.2 Å². The van der Waals surface area contributed by atoms with Gasteiger partial charge in [-0.25, -0.2) is 0 Å². The van der Waals surface area contributed by atoms with Gasteiger partial charge in [-0.3, -0.25) is 4.79 Å². The molecular formula is C17H14O4. The maximum Gasteiger partial charge on any atom is 0.196 e. The number of carbonyl (C=O) groups is 1. The van der Waals surface area contributed by atoms with Crippen LogP contribution in [0.15, 0.2) is 68.1 Å². The zero-order chi connectivity index (χ0) is 15.2. The van der Waals surface area contributed by atoms with Gasteiger partial charge in [0.25, 0.3) is 0 Å². The van der Waals surface area contributed by atoms with Gasteiger partial charge in [-0.2, -0.15) is 0 Å². The van der Waals surface area contributed by atoms with Crippen molar-refractivity contribution in [3.05, 3.63) is 79.3 Å². The summed E-state index contributed by atoms with van der Waals surface area (Å²) in [6.07, 6.45) is 2.55. The van der Waals surface area contributed by atoms with Crippen LogP contribution in [-0.4, -0.2) is 10.9 Å². The number of ether oxygens (including phenoxy) is 2. The number of carbonyl (C=O) groups excluding carboxylic acids is 1. The number of benzene rings is 2. The molecule has 0 atom stereocenters. The van der Waals surface area contributed by atoms with Crippen LogP contribution < -0.4 is 9.47 Å². The van der Waals surface area contributed by atoms with E-state index in [0.29, 0.717) is 17.1 Å². The van der Waals surface area contributed by atoms with Gasteiger partial charge in [0.2, 0.25) is 0 Å². The van der Waals surface area contributed by atoms with Crippen LogP contribution in [0.1, 0.15) is 15.9 Å². The number of phenols is 1. The van der Waals surface area contributed by atoms with Gasteiger partial charge >= 0.3 is 0 Å². The van der Waals surface area contributed by atoms with E-state index in [4.69, 9.17) is 9.47 Å². The quantitative estimate of drug-likeness (QED) is 0.649. The summed E-state index contributed by atoms with van der Waals surface area (Å²) >= 11 is 0. The second-order valence-corrected chi connectivity index (χ2v) is 4.10. The predicted molar refractivity (Wildman–Crippen MR) is 79.6 cm³/mol. The van der Waals surface area contributed by atoms with E-state index >= 15 is 0 Å². The van der Waals surface area contributed by atoms with Crippen molar-refractivity contribution in [3.8, 4) is 17.2 Å². The molecule has 0 fully saturated rings. The summed E-state index contributed by atoms with van der Waals surface area (Å²) in [4.78, 5) is 12.3. The molecule has 0 saturated carbocycles. The number of phenolic OH excluding ortho intramolecular Hbond substituents is 1. The minimum atomic E-state index is -0.289. The number of rotatable bonds is 6. The first-order valence-corrected chi connectivity index (χ1v) is 6.18. The highest BCUT2D eigenvalue weighted by atomic mass is 16.5. The zero-order valence-electron chi connectivity index (χ0n) is 11.3. The van der Waals surface area contributed by atoms with E-state index in [1.54, 1.807) is 30.3 Å². The lowest BCUT2D eigenvalue weighted by Crippen LogP contribution is -2.01. The van der Waals surface area contributed by atoms with Crippen LogP contribution in [0.3, 0.4) is 0 Å². The number of aromatic hydroxyl groups is 1. The van der Waals surface area contributed by atoms with Crippen molar-refractivity contribution in [1.82, 2.24) is 0 Å². The third kappa shape index (κ3) is 3.30. The fourth-order valence-corrected chi connectivity index (χ4v) is 1.81. The Morgan fingerprint density at radius 2 is 1.52 bits per heavy atom. The Labute approximate surface area is 122 Å². The molecular weight excluding hydrogens is 268 g/mol. The normalized spacial score (nSPS) is 9.71. The SMILES string of the molecule is C=COc1ccc(C(=O)c2ccc(OC=C)cc2O)cc1. The fraction of sp³-hybridized carbons (Fsp3) is 0. The molecule has 0 spiro atoms. The maximum absolute atomic E-state index is 12.3. The molecule has 0 aliphatic rings. The molecule has 0 heterocycles. The lowest BCUT2D eigenvalue weighted by molar-refractivity contribution is 0.103. The van der Waals surface area contributed by atoms with Crippen molar-refractivity contribution in [1.29, 1.82) is 0 Å². The lowest BCUT2D eigenvalue weighted by atomic mass is 10.0. The molecule has 2 rings (SSSR count). The van der Waals surface area contributed by atoms with Crippen LogP contribution in [0.25, 0.3) is 0 Å². The number of hydrogen-bond acceptors (Lipinski definition) is 4. The summed E-state index contributed by atoms with van der Waals surface area (Å²) in [6.45, 7) is 6.88. The molecule has 4 nitrogen and oxygen atoms in total. The molecule has 1 N–H and O–H groups in total. The Balaban J connectivity index is 2.26. The van der Waals surface area contributed by atoms with E-state index in [1.165, 1.54) is 24.7 Å². The minimum Gasteiger partial charge on any atom is -0.507 e. The molecule has 0 aromatic heterocycles. The molecule has 0 bridgehead atoms. The van der Waals surface area contributed by atoms with Crippen LogP contribution in [0.4, 0.5) is 0 Å². The first-order chi connectivity index (χ1) is 10.2. The van der Waals surface area contributed by atoms with Crippen LogP contribution in [0, 0.1) is 0 Å². The number of ketones is 1. The van der Waals surface area contributed by atoms with Crippen molar-refractivity contribution in [3.63, 3.8) is 0 Å². The lowest BCUT2D eigenvalue weighted by Gasteiger charge is -2.07. The van der Waals surface area contributed by atoms with Gasteiger partial charge in [-0.15, -0.1) is 0 Å². The summed E-state index contributed by atoms with van der Waals surface area (Å²) in [7, 11) is 0. The van der Waals surface area contributed by atoms with Crippen LogP contribution >= 0.6 is 0 Å². The fourth-order valence-electron chi connectivity index (χ4n) is 1.81. The van der Waals surface area contributed by atoms with E-state index in [2.05, 4.69) is 13.2 Å². The number of hydrogen-bond donors (Lipinski definition) is 1. The van der Waals surface area contributed by atoms with Crippen molar-refractivity contribution < 1.29 is 19.4 Å². The maximum atomic E-state index is 12.3. The van der Waals surface area contributed by atoms with Gasteiger partial charge in [0, 0.05) is 11.6 Å². The van der Waals surface area contributed by atoms with Gasteiger partial charge in [0.05, 0.1) is 18.1 Å².